The van der Waals surface area contributed by atoms with Crippen molar-refractivity contribution in [1.82, 2.24) is 21.3 Å². The Balaban J connectivity index is -0.000000142. The van der Waals surface area contributed by atoms with E-state index in [0.717, 1.165) is 49.9 Å². The molecule has 326 valence electrons. The number of unbranched alkanes of at least 4 members (excludes halogenated alkanes) is 4. The maximum atomic E-state index is 7.83. The normalized spacial score (nSPS) is 11.9. The summed E-state index contributed by atoms with van der Waals surface area (Å²) >= 11 is 41.3. The second kappa shape index (κ2) is 57.2. The van der Waals surface area contributed by atoms with Crippen LogP contribution in [0.25, 0.3) is 0 Å². The third kappa shape index (κ3) is 64.5. The van der Waals surface area contributed by atoms with Gasteiger partial charge in [-0.15, -0.1) is 0 Å². The van der Waals surface area contributed by atoms with Crippen LogP contribution in [-0.2, 0) is 84.1 Å². The predicted octanol–water partition coefficient (Wildman–Crippen LogP) is 11.7. The molecule has 0 saturated carbocycles. The predicted molar refractivity (Wildman–Crippen MR) is 272 cm³/mol. The summed E-state index contributed by atoms with van der Waals surface area (Å²) in [5.74, 6) is 3.02. The van der Waals surface area contributed by atoms with Crippen LogP contribution in [0, 0.1) is 23.7 Å². The average Bonchev–Trinajstić information content (AvgIpc) is 3.14. The zero-order chi connectivity index (χ0) is 42.4. The van der Waals surface area contributed by atoms with Gasteiger partial charge in [0.1, 0.15) is 0 Å². The molecule has 15 heteroatoms. The summed E-state index contributed by atoms with van der Waals surface area (Å²) in [7, 11) is 0. The van der Waals surface area contributed by atoms with E-state index >= 15 is 0 Å². The van der Waals surface area contributed by atoms with Crippen molar-refractivity contribution < 1.29 is 25.3 Å². The van der Waals surface area contributed by atoms with Gasteiger partial charge in [-0.25, -0.2) is 0 Å². The molecule has 55 heavy (non-hydrogen) atoms. The Morgan fingerprint density at radius 2 is 0.527 bits per heavy atom. The van der Waals surface area contributed by atoms with Gasteiger partial charge < -0.3 is 121 Å². The summed E-state index contributed by atoms with van der Waals surface area (Å²) in [5.41, 5.74) is 0. The Hall–Kier alpha value is 1.15. The van der Waals surface area contributed by atoms with Crippen LogP contribution in [0.3, 0.4) is 0 Å². The standard InChI is InChI=1S/4C10H21NS2.Mo.OS/c4*1-3-5-7-9(6-4-2)8-11-10(12)13;;1-2/h4*9H,3-8H2,1-2H3,(H2,11,12,13);;/q;;;;+4;/p-4. The molecule has 0 heterocycles. The Bertz CT molecular complexity index is 707. The third-order valence-electron chi connectivity index (χ3n) is 8.79. The fourth-order valence-electron chi connectivity index (χ4n) is 5.91. The van der Waals surface area contributed by atoms with Crippen molar-refractivity contribution in [3.8, 4) is 0 Å². The summed E-state index contributed by atoms with van der Waals surface area (Å²) in [6.45, 7) is 21.7. The number of rotatable bonds is 28. The van der Waals surface area contributed by atoms with Crippen molar-refractivity contribution in [3.05, 3.63) is 0 Å². The molecule has 4 unspecified atom stereocenters. The molecular weight excluding hydrogens is 937 g/mol. The first-order valence-electron chi connectivity index (χ1n) is 20.8. The summed E-state index contributed by atoms with van der Waals surface area (Å²) in [4.78, 5) is 0. The molecule has 0 bridgehead atoms. The third-order valence-corrected chi connectivity index (χ3v) is 9.95. The van der Waals surface area contributed by atoms with E-state index in [1.54, 1.807) is 0 Å². The van der Waals surface area contributed by atoms with E-state index < -0.39 is 0 Å². The smallest absolute Gasteiger partial charge is 0.412 e. The van der Waals surface area contributed by atoms with Crippen molar-refractivity contribution in [2.45, 2.75) is 184 Å². The second-order valence-corrected chi connectivity index (χ2v) is 18.2. The van der Waals surface area contributed by atoms with Gasteiger partial charge in [0.2, 0.25) is 0 Å². The van der Waals surface area contributed by atoms with Crippen molar-refractivity contribution in [1.29, 1.82) is 0 Å². The topological polar surface area (TPSA) is 65.2 Å². The van der Waals surface area contributed by atoms with E-state index in [2.05, 4.69) is 89.2 Å². The van der Waals surface area contributed by atoms with Gasteiger partial charge in [0.15, 0.2) is 12.5 Å². The first-order valence-corrected chi connectivity index (χ1v) is 24.4. The van der Waals surface area contributed by atoms with Crippen LogP contribution in [0.1, 0.15) is 184 Å². The molecule has 0 rings (SSSR count). The summed E-state index contributed by atoms with van der Waals surface area (Å²) < 4.78 is 9.88. The maximum absolute atomic E-state index is 7.83. The van der Waals surface area contributed by atoms with Crippen molar-refractivity contribution in [3.63, 3.8) is 0 Å². The van der Waals surface area contributed by atoms with Gasteiger partial charge in [-0.05, 0) is 75.0 Å². The number of thiocarbonyl (C=S) groups is 4. The monoisotopic (exact) mass is 1020 g/mol. The van der Waals surface area contributed by atoms with Crippen LogP contribution in [0.15, 0.2) is 0 Å². The van der Waals surface area contributed by atoms with Crippen molar-refractivity contribution in [2.75, 3.05) is 26.2 Å². The zero-order valence-electron chi connectivity index (χ0n) is 35.8. The zero-order valence-corrected chi connectivity index (χ0v) is 45.1. The van der Waals surface area contributed by atoms with Crippen LogP contribution < -0.4 is 21.3 Å². The minimum Gasteiger partial charge on any atom is -0.412 e. The van der Waals surface area contributed by atoms with Crippen LogP contribution in [0.4, 0.5) is 0 Å². The minimum atomic E-state index is 0. The molecule has 5 nitrogen and oxygen atoms in total. The Kier molecular flexibility index (Phi) is 70.7. The van der Waals surface area contributed by atoms with Crippen molar-refractivity contribution >= 4 is 129 Å². The fraction of sp³-hybridized carbons (Fsp3) is 0.900. The number of hydrogen-bond donors (Lipinski definition) is 4. The van der Waals surface area contributed by atoms with E-state index in [1.165, 1.54) is 128 Å². The quantitative estimate of drug-likeness (QED) is 0.0342. The van der Waals surface area contributed by atoms with Crippen LogP contribution in [0.2, 0.25) is 0 Å². The van der Waals surface area contributed by atoms with Crippen LogP contribution in [-0.4, -0.2) is 47.7 Å². The number of nitrogens with one attached hydrogen (secondary N) is 4. The van der Waals surface area contributed by atoms with Gasteiger partial charge in [0.25, 0.3) is 0 Å². The Morgan fingerprint density at radius 1 is 0.364 bits per heavy atom. The molecule has 0 aliphatic heterocycles. The van der Waals surface area contributed by atoms with Gasteiger partial charge in [0.05, 0.1) is 0 Å². The first-order chi connectivity index (χ1) is 25.8. The maximum Gasteiger partial charge on any atom is 4.00 e. The molecule has 0 aromatic carbocycles. The summed E-state index contributed by atoms with van der Waals surface area (Å²) in [6.07, 6.45) is 25.7. The second-order valence-electron chi connectivity index (χ2n) is 13.9. The Morgan fingerprint density at radius 3 is 0.636 bits per heavy atom. The van der Waals surface area contributed by atoms with Gasteiger partial charge >= 0.3 is 21.1 Å². The van der Waals surface area contributed by atoms with Crippen LogP contribution >= 0.6 is 48.9 Å². The fourth-order valence-corrected chi connectivity index (χ4v) is 6.58. The van der Waals surface area contributed by atoms with Gasteiger partial charge in [-0.3, -0.25) is 0 Å². The molecule has 4 N–H and O–H groups in total. The molecule has 4 atom stereocenters. The van der Waals surface area contributed by atoms with E-state index in [0.29, 0.717) is 17.3 Å². The first kappa shape index (κ1) is 67.9. The average molecular weight is 1020 g/mol. The molecule has 0 radical (unpaired) electrons. The van der Waals surface area contributed by atoms with Gasteiger partial charge in [0, 0.05) is 26.2 Å². The molecule has 0 spiro atoms. The Labute approximate surface area is 405 Å². The molecule has 0 fully saturated rings. The molecule has 0 aliphatic carbocycles. The summed E-state index contributed by atoms with van der Waals surface area (Å²) in [6, 6.07) is 0. The van der Waals surface area contributed by atoms with E-state index in [-0.39, 0.29) is 21.1 Å². The molecule has 0 aromatic heterocycles. The molecule has 0 aliphatic rings. The van der Waals surface area contributed by atoms with E-state index in [1.807, 2.05) is 0 Å². The van der Waals surface area contributed by atoms with Gasteiger partial charge in [-0.1, -0.05) is 150 Å². The largest absolute Gasteiger partial charge is 4.00 e. The van der Waals surface area contributed by atoms with E-state index in [9.17, 15) is 0 Å². The molecule has 0 aromatic rings. The van der Waals surface area contributed by atoms with Crippen LogP contribution in [0.5, 0.6) is 0 Å². The van der Waals surface area contributed by atoms with Crippen molar-refractivity contribution in [2.24, 2.45) is 23.7 Å². The van der Waals surface area contributed by atoms with Gasteiger partial charge in [-0.2, -0.15) is 4.21 Å². The number of hydrogen-bond acceptors (Lipinski definition) is 10. The molecule has 0 amide bonds. The minimum absolute atomic E-state index is 0. The SMILES string of the molecule is CCCCC(CCC)CNC(=S)[S-].CCCCC(CCC)CNC(=S)[S-].CCCCC(CCC)CNC(=S)[S-].CCCCC(CCC)CNC(=S)[S-].O=S.[Mo+4]. The summed E-state index contributed by atoms with van der Waals surface area (Å²) in [5, 5.41) is 12.3. The molecule has 0 saturated heterocycles. The van der Waals surface area contributed by atoms with E-state index in [4.69, 9.17) is 104 Å². The molecular formula is C40H80MoN4OS9.